The first-order valence-corrected chi connectivity index (χ1v) is 7.78. The molecule has 116 valence electrons. The largest absolute Gasteiger partial charge is 0.394 e. The molecule has 0 saturated heterocycles. The molecule has 0 aromatic heterocycles. The third-order valence-corrected chi connectivity index (χ3v) is 3.68. The molecule has 0 spiro atoms. The second kappa shape index (κ2) is 9.00. The van der Waals surface area contributed by atoms with Gasteiger partial charge in [0.1, 0.15) is 0 Å². The Kier molecular flexibility index (Phi) is 6.65. The van der Waals surface area contributed by atoms with E-state index in [4.69, 9.17) is 0 Å². The summed E-state index contributed by atoms with van der Waals surface area (Å²) in [6.45, 7) is -0.0836. The maximum absolute atomic E-state index is 12.0. The molecule has 1 unspecified atom stereocenters. The summed E-state index contributed by atoms with van der Waals surface area (Å²) in [5, 5.41) is 12.3. The van der Waals surface area contributed by atoms with Crippen molar-refractivity contribution in [1.82, 2.24) is 5.32 Å². The van der Waals surface area contributed by atoms with Crippen LogP contribution in [-0.4, -0.2) is 17.6 Å². The van der Waals surface area contributed by atoms with Gasteiger partial charge in [0, 0.05) is 6.42 Å². The van der Waals surface area contributed by atoms with E-state index >= 15 is 0 Å². The molecular formula is C19H23NO2. The fourth-order valence-corrected chi connectivity index (χ4v) is 2.45. The quantitative estimate of drug-likeness (QED) is 0.735. The highest BCUT2D eigenvalue weighted by Crippen LogP contribution is 2.12. The van der Waals surface area contributed by atoms with Crippen molar-refractivity contribution < 1.29 is 9.90 Å². The average Bonchev–Trinajstić information content (AvgIpc) is 2.58. The zero-order valence-electron chi connectivity index (χ0n) is 12.7. The molecule has 2 aromatic rings. The SMILES string of the molecule is O=C(CCCCc1ccccc1)NC(CO)c1ccccc1. The molecule has 0 radical (unpaired) electrons. The highest BCUT2D eigenvalue weighted by molar-refractivity contribution is 5.76. The summed E-state index contributed by atoms with van der Waals surface area (Å²) in [4.78, 5) is 12.0. The molecular weight excluding hydrogens is 274 g/mol. The predicted molar refractivity (Wildman–Crippen MR) is 88.4 cm³/mol. The molecule has 0 heterocycles. The number of benzene rings is 2. The summed E-state index contributed by atoms with van der Waals surface area (Å²) < 4.78 is 0. The van der Waals surface area contributed by atoms with E-state index < -0.39 is 0 Å². The summed E-state index contributed by atoms with van der Waals surface area (Å²) in [7, 11) is 0. The normalized spacial score (nSPS) is 11.9. The molecule has 0 aliphatic rings. The number of aliphatic hydroxyl groups excluding tert-OH is 1. The van der Waals surface area contributed by atoms with Crippen LogP contribution < -0.4 is 5.32 Å². The van der Waals surface area contributed by atoms with Crippen LogP contribution in [0.25, 0.3) is 0 Å². The van der Waals surface area contributed by atoms with E-state index in [1.807, 2.05) is 48.5 Å². The highest BCUT2D eigenvalue weighted by atomic mass is 16.3. The van der Waals surface area contributed by atoms with Gasteiger partial charge in [-0.25, -0.2) is 0 Å². The van der Waals surface area contributed by atoms with Gasteiger partial charge in [-0.2, -0.15) is 0 Å². The Labute approximate surface area is 132 Å². The van der Waals surface area contributed by atoms with Crippen molar-refractivity contribution in [3.63, 3.8) is 0 Å². The molecule has 3 nitrogen and oxygen atoms in total. The Hall–Kier alpha value is -2.13. The van der Waals surface area contributed by atoms with Gasteiger partial charge in [0.2, 0.25) is 5.91 Å². The van der Waals surface area contributed by atoms with Crippen LogP contribution in [0.2, 0.25) is 0 Å². The fraction of sp³-hybridized carbons (Fsp3) is 0.316. The van der Waals surface area contributed by atoms with Crippen molar-refractivity contribution in [2.75, 3.05) is 6.61 Å². The molecule has 0 aliphatic carbocycles. The Morgan fingerprint density at radius 3 is 2.23 bits per heavy atom. The maximum atomic E-state index is 12.0. The van der Waals surface area contributed by atoms with Crippen LogP contribution in [0.1, 0.15) is 36.4 Å². The summed E-state index contributed by atoms with van der Waals surface area (Å²) in [5.74, 6) is -0.00374. The lowest BCUT2D eigenvalue weighted by Crippen LogP contribution is -2.30. The number of rotatable bonds is 8. The predicted octanol–water partition coefficient (Wildman–Crippen LogP) is 3.25. The van der Waals surface area contributed by atoms with E-state index in [2.05, 4.69) is 17.4 Å². The molecule has 1 atom stereocenters. The van der Waals surface area contributed by atoms with Gasteiger partial charge in [-0.15, -0.1) is 0 Å². The van der Waals surface area contributed by atoms with Crippen molar-refractivity contribution in [2.45, 2.75) is 31.7 Å². The summed E-state index contributed by atoms with van der Waals surface area (Å²) in [5.41, 5.74) is 2.24. The number of amides is 1. The van der Waals surface area contributed by atoms with Gasteiger partial charge in [0.05, 0.1) is 12.6 Å². The van der Waals surface area contributed by atoms with E-state index in [1.165, 1.54) is 5.56 Å². The van der Waals surface area contributed by atoms with Crippen LogP contribution in [0, 0.1) is 0 Å². The first kappa shape index (κ1) is 16.2. The third kappa shape index (κ3) is 5.34. The van der Waals surface area contributed by atoms with Gasteiger partial charge < -0.3 is 10.4 Å². The minimum Gasteiger partial charge on any atom is -0.394 e. The number of unbranched alkanes of at least 4 members (excludes halogenated alkanes) is 1. The zero-order chi connectivity index (χ0) is 15.6. The molecule has 0 saturated carbocycles. The van der Waals surface area contributed by atoms with Crippen LogP contribution in [0.15, 0.2) is 60.7 Å². The number of hydrogen-bond donors (Lipinski definition) is 2. The van der Waals surface area contributed by atoms with Crippen molar-refractivity contribution in [1.29, 1.82) is 0 Å². The van der Waals surface area contributed by atoms with Crippen molar-refractivity contribution in [2.24, 2.45) is 0 Å². The molecule has 2 N–H and O–H groups in total. The van der Waals surface area contributed by atoms with Crippen LogP contribution in [0.3, 0.4) is 0 Å². The number of nitrogens with one attached hydrogen (secondary N) is 1. The van der Waals surface area contributed by atoms with Crippen LogP contribution in [-0.2, 0) is 11.2 Å². The molecule has 0 fully saturated rings. The Balaban J connectivity index is 1.71. The second-order valence-corrected chi connectivity index (χ2v) is 5.41. The first-order chi connectivity index (χ1) is 10.8. The van der Waals surface area contributed by atoms with Crippen molar-refractivity contribution in [3.05, 3.63) is 71.8 Å². The van der Waals surface area contributed by atoms with E-state index in [1.54, 1.807) is 0 Å². The minimum absolute atomic E-state index is 0.00374. The van der Waals surface area contributed by atoms with Crippen LogP contribution in [0.5, 0.6) is 0 Å². The van der Waals surface area contributed by atoms with E-state index in [9.17, 15) is 9.90 Å². The molecule has 2 aromatic carbocycles. The lowest BCUT2D eigenvalue weighted by molar-refractivity contribution is -0.122. The van der Waals surface area contributed by atoms with Crippen molar-refractivity contribution >= 4 is 5.91 Å². The van der Waals surface area contributed by atoms with E-state index in [-0.39, 0.29) is 18.6 Å². The van der Waals surface area contributed by atoms with Gasteiger partial charge >= 0.3 is 0 Å². The number of carbonyl (C=O) groups is 1. The average molecular weight is 297 g/mol. The van der Waals surface area contributed by atoms with Crippen molar-refractivity contribution in [3.8, 4) is 0 Å². The Bertz CT molecular complexity index is 554. The lowest BCUT2D eigenvalue weighted by Gasteiger charge is -2.16. The van der Waals surface area contributed by atoms with E-state index in [0.29, 0.717) is 6.42 Å². The highest BCUT2D eigenvalue weighted by Gasteiger charge is 2.12. The maximum Gasteiger partial charge on any atom is 0.220 e. The first-order valence-electron chi connectivity index (χ1n) is 7.78. The van der Waals surface area contributed by atoms with Crippen LogP contribution >= 0.6 is 0 Å². The van der Waals surface area contributed by atoms with Gasteiger partial charge in [-0.1, -0.05) is 60.7 Å². The van der Waals surface area contributed by atoms with Crippen LogP contribution in [0.4, 0.5) is 0 Å². The topological polar surface area (TPSA) is 49.3 Å². The zero-order valence-corrected chi connectivity index (χ0v) is 12.7. The second-order valence-electron chi connectivity index (χ2n) is 5.41. The Morgan fingerprint density at radius 2 is 1.59 bits per heavy atom. The monoisotopic (exact) mass is 297 g/mol. The third-order valence-electron chi connectivity index (χ3n) is 3.68. The van der Waals surface area contributed by atoms with Gasteiger partial charge in [0.15, 0.2) is 0 Å². The van der Waals surface area contributed by atoms with Gasteiger partial charge in [0.25, 0.3) is 0 Å². The molecule has 0 bridgehead atoms. The standard InChI is InChI=1S/C19H23NO2/c21-15-18(17-12-5-2-6-13-17)20-19(22)14-8-7-11-16-9-3-1-4-10-16/h1-6,9-10,12-13,18,21H,7-8,11,14-15H2,(H,20,22). The minimum atomic E-state index is -0.317. The Morgan fingerprint density at radius 1 is 0.955 bits per heavy atom. The molecule has 2 rings (SSSR count). The molecule has 0 aliphatic heterocycles. The number of hydrogen-bond acceptors (Lipinski definition) is 2. The summed E-state index contributed by atoms with van der Waals surface area (Å²) in [6, 6.07) is 19.5. The summed E-state index contributed by atoms with van der Waals surface area (Å²) >= 11 is 0. The van der Waals surface area contributed by atoms with E-state index in [0.717, 1.165) is 24.8 Å². The fourth-order valence-electron chi connectivity index (χ4n) is 2.45. The number of aliphatic hydroxyl groups is 1. The number of aryl methyl sites for hydroxylation is 1. The number of carbonyl (C=O) groups excluding carboxylic acids is 1. The van der Waals surface area contributed by atoms with Gasteiger partial charge in [-0.05, 0) is 30.4 Å². The molecule has 22 heavy (non-hydrogen) atoms. The summed E-state index contributed by atoms with van der Waals surface area (Å²) in [6.07, 6.45) is 3.34. The smallest absolute Gasteiger partial charge is 0.220 e. The molecule has 1 amide bonds. The lowest BCUT2D eigenvalue weighted by atomic mass is 10.1. The van der Waals surface area contributed by atoms with Gasteiger partial charge in [-0.3, -0.25) is 4.79 Å². The molecule has 3 heteroatoms.